The molecular weight excluding hydrogens is 430 g/mol. The van der Waals surface area contributed by atoms with Crippen LogP contribution in [0.25, 0.3) is 0 Å². The monoisotopic (exact) mass is 457 g/mol. The molecule has 4 heterocycles. The van der Waals surface area contributed by atoms with Crippen LogP contribution in [0.4, 0.5) is 17.5 Å². The van der Waals surface area contributed by atoms with Gasteiger partial charge < -0.3 is 5.32 Å². The summed E-state index contributed by atoms with van der Waals surface area (Å²) < 4.78 is 21.5. The van der Waals surface area contributed by atoms with Crippen LogP contribution in [0.1, 0.15) is 38.6 Å². The van der Waals surface area contributed by atoms with Gasteiger partial charge in [0.1, 0.15) is 11.2 Å². The molecular formula is C21H27N7O3S. The average Bonchev–Trinajstić information content (AvgIpc) is 3.46. The lowest BCUT2D eigenvalue weighted by Gasteiger charge is -2.39. The lowest BCUT2D eigenvalue weighted by Crippen LogP contribution is -2.37. The van der Waals surface area contributed by atoms with Crippen molar-refractivity contribution in [2.75, 3.05) is 28.3 Å². The number of carbonyl (C=O) groups is 1. The predicted octanol–water partition coefficient (Wildman–Crippen LogP) is 3.40. The van der Waals surface area contributed by atoms with Crippen molar-refractivity contribution < 1.29 is 13.9 Å². The second-order valence-electron chi connectivity index (χ2n) is 9.09. The molecule has 3 aliphatic rings. The number of nitriles is 1. The highest BCUT2D eigenvalue weighted by atomic mass is 32.3. The maximum atomic E-state index is 13.2. The molecule has 2 aliphatic heterocycles. The summed E-state index contributed by atoms with van der Waals surface area (Å²) in [5, 5.41) is 17.4. The molecule has 32 heavy (non-hydrogen) atoms. The summed E-state index contributed by atoms with van der Waals surface area (Å²) in [6, 6.07) is 4.16. The van der Waals surface area contributed by atoms with Crippen LogP contribution in [0.2, 0.25) is 0 Å². The van der Waals surface area contributed by atoms with Crippen LogP contribution in [-0.4, -0.2) is 52.8 Å². The van der Waals surface area contributed by atoms with E-state index in [-0.39, 0.29) is 23.8 Å². The van der Waals surface area contributed by atoms with Crippen LogP contribution in [0.3, 0.4) is 0 Å². The van der Waals surface area contributed by atoms with Gasteiger partial charge in [-0.15, -0.1) is 0 Å². The number of anilines is 3. The summed E-state index contributed by atoms with van der Waals surface area (Å²) in [5.41, 5.74) is -0.230. The van der Waals surface area contributed by atoms with Crippen molar-refractivity contribution in [3.05, 3.63) is 24.7 Å². The van der Waals surface area contributed by atoms with E-state index in [0.717, 1.165) is 12.8 Å². The number of hydrogen-bond acceptors (Lipinski definition) is 8. The molecule has 2 aromatic heterocycles. The highest BCUT2D eigenvalue weighted by Gasteiger charge is 2.61. The summed E-state index contributed by atoms with van der Waals surface area (Å²) >= 11 is 0. The first kappa shape index (κ1) is 21.2. The van der Waals surface area contributed by atoms with Crippen molar-refractivity contribution in [2.24, 2.45) is 17.3 Å². The molecule has 1 amide bonds. The van der Waals surface area contributed by atoms with Crippen LogP contribution < -0.4 is 10.2 Å². The summed E-state index contributed by atoms with van der Waals surface area (Å²) in [6.07, 6.45) is 8.34. The largest absolute Gasteiger partial charge is 0.321 e. The molecule has 1 aliphatic carbocycles. The number of amides is 1. The van der Waals surface area contributed by atoms with Gasteiger partial charge >= 0.3 is 0 Å². The molecule has 2 aromatic rings. The molecule has 170 valence electrons. The lowest BCUT2D eigenvalue weighted by molar-refractivity contribution is -0.124. The number of nitrogens with zero attached hydrogens (tertiary/aromatic N) is 6. The SMILES string of the molecule is C[C@@H]1CN(c2ccnc(Nc3cnn(C4CCS(O)(O)CC4)c3)n2)C(=O)[C@]1(C#N)C1CC1. The van der Waals surface area contributed by atoms with Gasteiger partial charge in [-0.1, -0.05) is 6.92 Å². The normalized spacial score (nSPS) is 29.0. The fourth-order valence-corrected chi connectivity index (χ4v) is 6.45. The molecule has 10 nitrogen and oxygen atoms in total. The van der Waals surface area contributed by atoms with Gasteiger partial charge in [-0.2, -0.15) is 25.9 Å². The number of aromatic nitrogens is 4. The first-order chi connectivity index (χ1) is 15.3. The van der Waals surface area contributed by atoms with Crippen LogP contribution >= 0.6 is 10.6 Å². The fourth-order valence-electron chi connectivity index (χ4n) is 4.95. The third-order valence-corrected chi connectivity index (χ3v) is 8.72. The van der Waals surface area contributed by atoms with Crippen LogP contribution in [-0.2, 0) is 4.79 Å². The van der Waals surface area contributed by atoms with E-state index in [0.29, 0.717) is 48.3 Å². The highest BCUT2D eigenvalue weighted by Crippen LogP contribution is 2.54. The van der Waals surface area contributed by atoms with Gasteiger partial charge in [-0.3, -0.25) is 23.5 Å². The minimum Gasteiger partial charge on any atom is -0.321 e. The Hall–Kier alpha value is -2.68. The quantitative estimate of drug-likeness (QED) is 0.620. The Morgan fingerprint density at radius 1 is 1.28 bits per heavy atom. The number of nitrogens with one attached hydrogen (secondary N) is 1. The molecule has 3 fully saturated rings. The predicted molar refractivity (Wildman–Crippen MR) is 121 cm³/mol. The van der Waals surface area contributed by atoms with E-state index in [2.05, 4.69) is 26.5 Å². The zero-order valence-corrected chi connectivity index (χ0v) is 18.7. The Morgan fingerprint density at radius 2 is 2.03 bits per heavy atom. The smallest absolute Gasteiger partial charge is 0.249 e. The van der Waals surface area contributed by atoms with Crippen molar-refractivity contribution in [3.8, 4) is 6.07 Å². The second kappa shape index (κ2) is 7.72. The van der Waals surface area contributed by atoms with Crippen molar-refractivity contribution in [3.63, 3.8) is 0 Å². The van der Waals surface area contributed by atoms with E-state index in [1.54, 1.807) is 23.4 Å². The Kier molecular flexibility index (Phi) is 5.11. The van der Waals surface area contributed by atoms with Gasteiger partial charge in [0, 0.05) is 36.4 Å². The number of rotatable bonds is 5. The third kappa shape index (κ3) is 3.62. The summed E-state index contributed by atoms with van der Waals surface area (Å²) in [5.74, 6) is 1.58. The van der Waals surface area contributed by atoms with Crippen molar-refractivity contribution in [1.29, 1.82) is 5.26 Å². The molecule has 0 aromatic carbocycles. The molecule has 5 rings (SSSR count). The molecule has 0 unspecified atom stereocenters. The Morgan fingerprint density at radius 3 is 2.72 bits per heavy atom. The van der Waals surface area contributed by atoms with Crippen molar-refractivity contribution in [1.82, 2.24) is 19.7 Å². The first-order valence-electron chi connectivity index (χ1n) is 10.9. The number of hydrogen-bond donors (Lipinski definition) is 3. The highest BCUT2D eigenvalue weighted by molar-refractivity contribution is 8.24. The summed E-state index contributed by atoms with van der Waals surface area (Å²) in [7, 11) is -2.43. The zero-order valence-electron chi connectivity index (χ0n) is 17.9. The minimum absolute atomic E-state index is 0.0500. The summed E-state index contributed by atoms with van der Waals surface area (Å²) in [6.45, 7) is 2.44. The Bertz CT molecular complexity index is 1070. The van der Waals surface area contributed by atoms with Crippen molar-refractivity contribution in [2.45, 2.75) is 38.6 Å². The molecule has 3 N–H and O–H groups in total. The topological polar surface area (TPSA) is 140 Å². The number of carbonyl (C=O) groups excluding carboxylic acids is 1. The Labute approximate surface area is 188 Å². The standard InChI is InChI=1S/C21H27N7O3S/c1-14-11-27(19(29)21(14,13-22)15-2-3-15)18-4-7-23-20(26-18)25-16-10-24-28(12-16)17-5-8-32(30,31)9-6-17/h4,7,10,12,14-15,17,30-31H,2-3,5-6,8-9,11H2,1H3,(H,23,25,26)/t14-,21+/m1/s1. The minimum atomic E-state index is -2.43. The Balaban J connectivity index is 1.30. The lowest BCUT2D eigenvalue weighted by atomic mass is 9.75. The van der Waals surface area contributed by atoms with Gasteiger partial charge in [0.15, 0.2) is 0 Å². The van der Waals surface area contributed by atoms with Crippen LogP contribution in [0.15, 0.2) is 24.7 Å². The van der Waals surface area contributed by atoms with E-state index >= 15 is 0 Å². The second-order valence-corrected chi connectivity index (χ2v) is 11.5. The van der Waals surface area contributed by atoms with E-state index in [1.807, 2.05) is 17.8 Å². The summed E-state index contributed by atoms with van der Waals surface area (Å²) in [4.78, 5) is 23.6. The maximum Gasteiger partial charge on any atom is 0.249 e. The van der Waals surface area contributed by atoms with Crippen LogP contribution in [0, 0.1) is 28.6 Å². The fraction of sp³-hybridized carbons (Fsp3) is 0.571. The van der Waals surface area contributed by atoms with Gasteiger partial charge in [-0.25, -0.2) is 4.98 Å². The molecule has 11 heteroatoms. The first-order valence-corrected chi connectivity index (χ1v) is 12.8. The average molecular weight is 458 g/mol. The van der Waals surface area contributed by atoms with Crippen molar-refractivity contribution >= 4 is 34.0 Å². The molecule has 0 bridgehead atoms. The molecule has 0 radical (unpaired) electrons. The molecule has 0 spiro atoms. The maximum absolute atomic E-state index is 13.2. The van der Waals surface area contributed by atoms with Gasteiger partial charge in [0.2, 0.25) is 11.9 Å². The zero-order chi connectivity index (χ0) is 22.5. The van der Waals surface area contributed by atoms with E-state index in [9.17, 15) is 19.2 Å². The molecule has 2 atom stereocenters. The molecule has 2 saturated heterocycles. The van der Waals surface area contributed by atoms with Gasteiger partial charge in [-0.05, 0) is 37.7 Å². The molecule has 1 saturated carbocycles. The van der Waals surface area contributed by atoms with E-state index < -0.39 is 16.0 Å². The van der Waals surface area contributed by atoms with E-state index in [4.69, 9.17) is 0 Å². The van der Waals surface area contributed by atoms with E-state index in [1.165, 1.54) is 0 Å². The third-order valence-electron chi connectivity index (χ3n) is 6.94. The van der Waals surface area contributed by atoms with Gasteiger partial charge in [0.25, 0.3) is 0 Å². The van der Waals surface area contributed by atoms with Crippen LogP contribution in [0.5, 0.6) is 0 Å². The van der Waals surface area contributed by atoms with Gasteiger partial charge in [0.05, 0.1) is 24.0 Å².